The molecule has 1 aliphatic heterocycles. The normalized spacial score (nSPS) is 18.8. The van der Waals surface area contributed by atoms with Crippen molar-refractivity contribution in [3.8, 4) is 6.07 Å². The molecular formula is C23H29N3. The summed E-state index contributed by atoms with van der Waals surface area (Å²) in [6.07, 6.45) is 1.63. The summed E-state index contributed by atoms with van der Waals surface area (Å²) in [7, 11) is 0. The molecule has 1 heterocycles. The van der Waals surface area contributed by atoms with Gasteiger partial charge in [0, 0.05) is 17.9 Å². The number of nitrogens with zero attached hydrogens (tertiary/aromatic N) is 3. The highest BCUT2D eigenvalue weighted by atomic mass is 15.1. The standard InChI is InChI=1S/C23H29N3/c1-4-25(5-2)16-15-23(18-24)17-19-11-7-9-13-21(19)26(6-3)22-14-10-8-12-20(22)23/h7-14H,4-6,15-17H2,1-3H3/t23-/m1/s1. The third-order valence-electron chi connectivity index (χ3n) is 5.76. The van der Waals surface area contributed by atoms with Crippen LogP contribution in [0, 0.1) is 11.3 Å². The first kappa shape index (κ1) is 18.5. The SMILES string of the molecule is CCN(CC)CC[C@]1(C#N)Cc2ccccc2N(CC)c2ccccc21. The van der Waals surface area contributed by atoms with Gasteiger partial charge in [-0.2, -0.15) is 5.26 Å². The fourth-order valence-electron chi connectivity index (χ4n) is 4.20. The molecule has 0 N–H and O–H groups in total. The van der Waals surface area contributed by atoms with E-state index < -0.39 is 5.41 Å². The van der Waals surface area contributed by atoms with Gasteiger partial charge < -0.3 is 9.80 Å². The van der Waals surface area contributed by atoms with Crippen LogP contribution in [0.3, 0.4) is 0 Å². The molecule has 0 saturated heterocycles. The predicted molar refractivity (Wildman–Crippen MR) is 109 cm³/mol. The Balaban J connectivity index is 2.13. The quantitative estimate of drug-likeness (QED) is 0.745. The molecule has 3 nitrogen and oxygen atoms in total. The molecule has 2 aromatic rings. The summed E-state index contributed by atoms with van der Waals surface area (Å²) in [6.45, 7) is 10.5. The highest BCUT2D eigenvalue weighted by Crippen LogP contribution is 2.45. The van der Waals surface area contributed by atoms with Crippen molar-refractivity contribution >= 4 is 11.4 Å². The average molecular weight is 348 g/mol. The molecule has 3 rings (SSSR count). The number of hydrogen-bond donors (Lipinski definition) is 0. The Morgan fingerprint density at radius 2 is 1.65 bits per heavy atom. The van der Waals surface area contributed by atoms with Crippen molar-refractivity contribution in [2.45, 2.75) is 39.0 Å². The minimum Gasteiger partial charge on any atom is -0.341 e. The lowest BCUT2D eigenvalue weighted by atomic mass is 9.74. The molecule has 0 spiro atoms. The lowest BCUT2D eigenvalue weighted by Crippen LogP contribution is -2.34. The highest BCUT2D eigenvalue weighted by Gasteiger charge is 2.39. The molecule has 0 unspecified atom stereocenters. The summed E-state index contributed by atoms with van der Waals surface area (Å²) in [6, 6.07) is 19.8. The van der Waals surface area contributed by atoms with Crippen molar-refractivity contribution in [3.63, 3.8) is 0 Å². The van der Waals surface area contributed by atoms with Gasteiger partial charge in [0.1, 0.15) is 0 Å². The summed E-state index contributed by atoms with van der Waals surface area (Å²) in [4.78, 5) is 4.78. The molecule has 0 aliphatic carbocycles. The second-order valence-electron chi connectivity index (χ2n) is 7.04. The predicted octanol–water partition coefficient (Wildman–Crippen LogP) is 4.89. The Morgan fingerprint density at radius 1 is 1.00 bits per heavy atom. The minimum atomic E-state index is -0.487. The molecule has 0 saturated carbocycles. The molecule has 0 fully saturated rings. The fourth-order valence-corrected chi connectivity index (χ4v) is 4.20. The third-order valence-corrected chi connectivity index (χ3v) is 5.76. The van der Waals surface area contributed by atoms with Crippen molar-refractivity contribution in [2.24, 2.45) is 0 Å². The van der Waals surface area contributed by atoms with E-state index in [1.807, 2.05) is 0 Å². The van der Waals surface area contributed by atoms with Crippen LogP contribution < -0.4 is 4.90 Å². The van der Waals surface area contributed by atoms with Gasteiger partial charge >= 0.3 is 0 Å². The van der Waals surface area contributed by atoms with Gasteiger partial charge in [0.15, 0.2) is 0 Å². The van der Waals surface area contributed by atoms with Gasteiger partial charge in [0.2, 0.25) is 0 Å². The molecule has 1 aliphatic rings. The molecule has 1 atom stereocenters. The molecule has 2 aromatic carbocycles. The van der Waals surface area contributed by atoms with Crippen LogP contribution in [0.2, 0.25) is 0 Å². The molecule has 26 heavy (non-hydrogen) atoms. The number of para-hydroxylation sites is 2. The fraction of sp³-hybridized carbons (Fsp3) is 0.435. The smallest absolute Gasteiger partial charge is 0.0895 e. The number of hydrogen-bond acceptors (Lipinski definition) is 3. The van der Waals surface area contributed by atoms with Crippen LogP contribution in [0.5, 0.6) is 0 Å². The molecule has 0 radical (unpaired) electrons. The van der Waals surface area contributed by atoms with Crippen LogP contribution in [0.25, 0.3) is 0 Å². The van der Waals surface area contributed by atoms with Crippen molar-refractivity contribution in [3.05, 3.63) is 59.7 Å². The van der Waals surface area contributed by atoms with Crippen LogP contribution >= 0.6 is 0 Å². The monoisotopic (exact) mass is 347 g/mol. The highest BCUT2D eigenvalue weighted by molar-refractivity contribution is 5.73. The first-order valence-electron chi connectivity index (χ1n) is 9.77. The van der Waals surface area contributed by atoms with E-state index in [1.54, 1.807) is 0 Å². The largest absolute Gasteiger partial charge is 0.341 e. The molecule has 0 bridgehead atoms. The first-order valence-corrected chi connectivity index (χ1v) is 9.77. The Labute approximate surface area is 157 Å². The Kier molecular flexibility index (Phi) is 5.64. The average Bonchev–Trinajstić information content (AvgIpc) is 2.81. The zero-order chi connectivity index (χ0) is 18.6. The molecule has 3 heteroatoms. The van der Waals surface area contributed by atoms with Gasteiger partial charge in [0.05, 0.1) is 11.5 Å². The lowest BCUT2D eigenvalue weighted by molar-refractivity contribution is 0.275. The first-order chi connectivity index (χ1) is 12.7. The summed E-state index contributed by atoms with van der Waals surface area (Å²) < 4.78 is 0. The number of fused-ring (bicyclic) bond motifs is 2. The van der Waals surface area contributed by atoms with Crippen LogP contribution in [0.15, 0.2) is 48.5 Å². The third kappa shape index (κ3) is 3.22. The summed E-state index contributed by atoms with van der Waals surface area (Å²) in [5.41, 5.74) is 4.38. The maximum Gasteiger partial charge on any atom is 0.0895 e. The zero-order valence-corrected chi connectivity index (χ0v) is 16.2. The zero-order valence-electron chi connectivity index (χ0n) is 16.2. The van der Waals surface area contributed by atoms with Gasteiger partial charge in [0.25, 0.3) is 0 Å². The van der Waals surface area contributed by atoms with E-state index in [4.69, 9.17) is 0 Å². The van der Waals surface area contributed by atoms with Gasteiger partial charge in [-0.05, 0) is 62.7 Å². The lowest BCUT2D eigenvalue weighted by Gasteiger charge is -2.31. The van der Waals surface area contributed by atoms with Crippen LogP contribution in [-0.2, 0) is 11.8 Å². The van der Waals surface area contributed by atoms with Crippen molar-refractivity contribution in [2.75, 3.05) is 31.1 Å². The second-order valence-corrected chi connectivity index (χ2v) is 7.04. The van der Waals surface area contributed by atoms with Gasteiger partial charge in [-0.25, -0.2) is 0 Å². The summed E-state index contributed by atoms with van der Waals surface area (Å²) in [5.74, 6) is 0. The summed E-state index contributed by atoms with van der Waals surface area (Å²) >= 11 is 0. The van der Waals surface area contributed by atoms with Gasteiger partial charge in [-0.15, -0.1) is 0 Å². The van der Waals surface area contributed by atoms with Crippen molar-refractivity contribution < 1.29 is 0 Å². The second kappa shape index (κ2) is 7.93. The van der Waals surface area contributed by atoms with Crippen LogP contribution in [-0.4, -0.2) is 31.1 Å². The van der Waals surface area contributed by atoms with E-state index in [-0.39, 0.29) is 0 Å². The van der Waals surface area contributed by atoms with Gasteiger partial charge in [-0.3, -0.25) is 0 Å². The van der Waals surface area contributed by atoms with E-state index in [9.17, 15) is 5.26 Å². The maximum atomic E-state index is 10.4. The Morgan fingerprint density at radius 3 is 2.31 bits per heavy atom. The van der Waals surface area contributed by atoms with Crippen LogP contribution in [0.4, 0.5) is 11.4 Å². The van der Waals surface area contributed by atoms with E-state index >= 15 is 0 Å². The number of rotatable bonds is 6. The maximum absolute atomic E-state index is 10.4. The van der Waals surface area contributed by atoms with Crippen LogP contribution in [0.1, 0.15) is 38.3 Å². The minimum absolute atomic E-state index is 0.487. The van der Waals surface area contributed by atoms with E-state index in [0.717, 1.165) is 39.0 Å². The number of benzene rings is 2. The number of nitriles is 1. The van der Waals surface area contributed by atoms with Crippen molar-refractivity contribution in [1.29, 1.82) is 5.26 Å². The molecule has 136 valence electrons. The Hall–Kier alpha value is -2.31. The molecule has 0 amide bonds. The Bertz CT molecular complexity index is 788. The molecular weight excluding hydrogens is 318 g/mol. The van der Waals surface area contributed by atoms with E-state index in [0.29, 0.717) is 0 Å². The topological polar surface area (TPSA) is 30.3 Å². The number of anilines is 2. The van der Waals surface area contributed by atoms with E-state index in [1.165, 1.54) is 22.5 Å². The van der Waals surface area contributed by atoms with Gasteiger partial charge in [-0.1, -0.05) is 50.2 Å². The van der Waals surface area contributed by atoms with Crippen molar-refractivity contribution in [1.82, 2.24) is 4.90 Å². The summed E-state index contributed by atoms with van der Waals surface area (Å²) in [5, 5.41) is 10.4. The molecule has 0 aromatic heterocycles. The van der Waals surface area contributed by atoms with E-state index in [2.05, 4.69) is 85.2 Å².